The molecule has 1 fully saturated rings. The summed E-state index contributed by atoms with van der Waals surface area (Å²) in [5.41, 5.74) is 2.44. The fourth-order valence-corrected chi connectivity index (χ4v) is 4.07. The molecule has 0 N–H and O–H groups in total. The summed E-state index contributed by atoms with van der Waals surface area (Å²) in [6.45, 7) is 8.99. The number of hydrogen-bond acceptors (Lipinski definition) is 5. The quantitative estimate of drug-likeness (QED) is 0.558. The fraction of sp³-hybridized carbons (Fsp3) is 0.409. The number of rotatable bonds is 7. The first-order valence-electron chi connectivity index (χ1n) is 10.3. The van der Waals surface area contributed by atoms with Crippen LogP contribution < -0.4 is 0 Å². The third kappa shape index (κ3) is 4.80. The largest absolute Gasteiger partial charge is 0.300 e. The Bertz CT molecular complexity index is 958. The number of nitrogens with zero attached hydrogens (tertiary/aromatic N) is 6. The van der Waals surface area contributed by atoms with Gasteiger partial charge >= 0.3 is 0 Å². The second kappa shape index (κ2) is 9.43. The Morgan fingerprint density at radius 1 is 0.931 bits per heavy atom. The van der Waals surface area contributed by atoms with Crippen molar-refractivity contribution in [1.82, 2.24) is 29.1 Å². The van der Waals surface area contributed by atoms with E-state index in [4.69, 9.17) is 17.3 Å². The minimum absolute atomic E-state index is 0.743. The van der Waals surface area contributed by atoms with Gasteiger partial charge in [-0.3, -0.25) is 19.4 Å². The van der Waals surface area contributed by atoms with E-state index in [1.807, 2.05) is 16.8 Å². The van der Waals surface area contributed by atoms with E-state index in [-0.39, 0.29) is 0 Å². The molecule has 0 radical (unpaired) electrons. The Kier molecular flexibility index (Phi) is 6.49. The van der Waals surface area contributed by atoms with Crippen LogP contribution in [-0.2, 0) is 19.8 Å². The zero-order chi connectivity index (χ0) is 20.1. The summed E-state index contributed by atoms with van der Waals surface area (Å²) in [6, 6.07) is 14.7. The lowest BCUT2D eigenvalue weighted by molar-refractivity contribution is 0.0980. The summed E-state index contributed by atoms with van der Waals surface area (Å²) < 4.78 is 4.93. The molecule has 0 saturated carbocycles. The van der Waals surface area contributed by atoms with E-state index in [0.717, 1.165) is 68.5 Å². The van der Waals surface area contributed by atoms with E-state index in [9.17, 15) is 0 Å². The van der Waals surface area contributed by atoms with Gasteiger partial charge in [-0.05, 0) is 36.3 Å². The van der Waals surface area contributed by atoms with E-state index < -0.39 is 0 Å². The molecule has 29 heavy (non-hydrogen) atoms. The van der Waals surface area contributed by atoms with Crippen molar-refractivity contribution in [2.24, 2.45) is 0 Å². The first-order valence-corrected chi connectivity index (χ1v) is 10.7. The first-order chi connectivity index (χ1) is 14.2. The molecule has 0 amide bonds. The van der Waals surface area contributed by atoms with Crippen LogP contribution in [0.4, 0.5) is 0 Å². The first kappa shape index (κ1) is 19.9. The van der Waals surface area contributed by atoms with Crippen molar-refractivity contribution in [3.63, 3.8) is 0 Å². The van der Waals surface area contributed by atoms with E-state index in [1.54, 1.807) is 12.4 Å². The molecule has 1 saturated heterocycles. The van der Waals surface area contributed by atoms with Crippen LogP contribution in [0.2, 0.25) is 0 Å². The lowest BCUT2D eigenvalue weighted by atomic mass is 10.2. The summed E-state index contributed by atoms with van der Waals surface area (Å²) in [5, 5.41) is 4.87. The molecule has 4 rings (SSSR count). The van der Waals surface area contributed by atoms with Crippen LogP contribution in [0.15, 0.2) is 54.9 Å². The van der Waals surface area contributed by atoms with Gasteiger partial charge < -0.3 is 0 Å². The number of hydrogen-bond donors (Lipinski definition) is 0. The van der Waals surface area contributed by atoms with Crippen LogP contribution >= 0.6 is 12.2 Å². The molecule has 3 aromatic rings. The topological polar surface area (TPSA) is 42.1 Å². The standard InChI is InChI=1S/C22H28N6S/c1-2-12-27-21(20-8-10-23-11-9-20)24-28(22(27)29)18-26-15-13-25(14-16-26)17-19-6-4-3-5-7-19/h3-11H,2,12-18H2,1H3. The molecule has 1 aliphatic rings. The third-order valence-electron chi connectivity index (χ3n) is 5.36. The molecular formula is C22H28N6S. The average molecular weight is 409 g/mol. The number of piperazine rings is 1. The maximum atomic E-state index is 5.77. The second-order valence-electron chi connectivity index (χ2n) is 7.51. The van der Waals surface area contributed by atoms with E-state index in [2.05, 4.69) is 56.6 Å². The summed E-state index contributed by atoms with van der Waals surface area (Å²) in [6.07, 6.45) is 4.63. The minimum Gasteiger partial charge on any atom is -0.300 e. The molecular weight excluding hydrogens is 380 g/mol. The van der Waals surface area contributed by atoms with Crippen molar-refractivity contribution >= 4 is 12.2 Å². The van der Waals surface area contributed by atoms with Crippen molar-refractivity contribution in [2.45, 2.75) is 33.1 Å². The predicted octanol–water partition coefficient (Wildman–Crippen LogP) is 3.66. The average Bonchev–Trinajstić information content (AvgIpc) is 3.07. The highest BCUT2D eigenvalue weighted by molar-refractivity contribution is 7.71. The summed E-state index contributed by atoms with van der Waals surface area (Å²) in [4.78, 5) is 9.08. The van der Waals surface area contributed by atoms with Gasteiger partial charge in [-0.15, -0.1) is 0 Å². The van der Waals surface area contributed by atoms with Crippen LogP contribution in [0.3, 0.4) is 0 Å². The molecule has 3 heterocycles. The van der Waals surface area contributed by atoms with Crippen molar-refractivity contribution in [1.29, 1.82) is 0 Å². The van der Waals surface area contributed by atoms with Crippen molar-refractivity contribution in [3.05, 3.63) is 65.2 Å². The molecule has 2 aromatic heterocycles. The zero-order valence-corrected chi connectivity index (χ0v) is 17.8. The fourth-order valence-electron chi connectivity index (χ4n) is 3.79. The van der Waals surface area contributed by atoms with Gasteiger partial charge in [-0.25, -0.2) is 4.68 Å². The smallest absolute Gasteiger partial charge is 0.199 e. The lowest BCUT2D eigenvalue weighted by Gasteiger charge is -2.34. The molecule has 6 nitrogen and oxygen atoms in total. The predicted molar refractivity (Wildman–Crippen MR) is 118 cm³/mol. The van der Waals surface area contributed by atoms with Crippen LogP contribution in [0, 0.1) is 4.77 Å². The molecule has 1 aromatic carbocycles. The maximum absolute atomic E-state index is 5.77. The van der Waals surface area contributed by atoms with Crippen molar-refractivity contribution < 1.29 is 0 Å². The highest BCUT2D eigenvalue weighted by Crippen LogP contribution is 2.18. The van der Waals surface area contributed by atoms with Crippen LogP contribution in [0.25, 0.3) is 11.4 Å². The Hall–Kier alpha value is -2.35. The molecule has 1 aliphatic heterocycles. The van der Waals surface area contributed by atoms with Crippen LogP contribution in [-0.4, -0.2) is 55.3 Å². The molecule has 0 unspecified atom stereocenters. The maximum Gasteiger partial charge on any atom is 0.199 e. The monoisotopic (exact) mass is 408 g/mol. The van der Waals surface area contributed by atoms with Gasteiger partial charge in [0.15, 0.2) is 10.6 Å². The Morgan fingerprint density at radius 2 is 1.62 bits per heavy atom. The van der Waals surface area contributed by atoms with Gasteiger partial charge in [0.2, 0.25) is 0 Å². The summed E-state index contributed by atoms with van der Waals surface area (Å²) in [7, 11) is 0. The van der Waals surface area contributed by atoms with Crippen molar-refractivity contribution in [2.75, 3.05) is 26.2 Å². The highest BCUT2D eigenvalue weighted by Gasteiger charge is 2.19. The minimum atomic E-state index is 0.743. The highest BCUT2D eigenvalue weighted by atomic mass is 32.1. The molecule has 7 heteroatoms. The Labute approximate surface area is 177 Å². The third-order valence-corrected chi connectivity index (χ3v) is 5.79. The number of benzene rings is 1. The van der Waals surface area contributed by atoms with Gasteiger partial charge in [0.25, 0.3) is 0 Å². The van der Waals surface area contributed by atoms with Gasteiger partial charge in [0.1, 0.15) is 0 Å². The molecule has 0 bridgehead atoms. The summed E-state index contributed by atoms with van der Waals surface area (Å²) in [5.74, 6) is 0.932. The molecule has 0 atom stereocenters. The Morgan fingerprint density at radius 3 is 2.31 bits per heavy atom. The Balaban J connectivity index is 1.43. The van der Waals surface area contributed by atoms with Crippen molar-refractivity contribution in [3.8, 4) is 11.4 Å². The number of pyridine rings is 1. The second-order valence-corrected chi connectivity index (χ2v) is 7.88. The van der Waals surface area contributed by atoms with E-state index in [1.165, 1.54) is 5.56 Å². The van der Waals surface area contributed by atoms with Gasteiger partial charge in [-0.1, -0.05) is 37.3 Å². The van der Waals surface area contributed by atoms with Gasteiger partial charge in [-0.2, -0.15) is 5.10 Å². The molecule has 152 valence electrons. The van der Waals surface area contributed by atoms with E-state index >= 15 is 0 Å². The zero-order valence-electron chi connectivity index (χ0n) is 16.9. The summed E-state index contributed by atoms with van der Waals surface area (Å²) >= 11 is 5.77. The molecule has 0 spiro atoms. The number of aromatic nitrogens is 4. The van der Waals surface area contributed by atoms with Crippen LogP contribution in [0.5, 0.6) is 0 Å². The van der Waals surface area contributed by atoms with E-state index in [0.29, 0.717) is 0 Å². The normalized spacial score (nSPS) is 15.6. The van der Waals surface area contributed by atoms with Gasteiger partial charge in [0.05, 0.1) is 6.67 Å². The lowest BCUT2D eigenvalue weighted by Crippen LogP contribution is -2.46. The van der Waals surface area contributed by atoms with Crippen LogP contribution in [0.1, 0.15) is 18.9 Å². The SMILES string of the molecule is CCCn1c(-c2ccncc2)nn(CN2CCN(Cc3ccccc3)CC2)c1=S. The molecule has 0 aliphatic carbocycles. The van der Waals surface area contributed by atoms with Gasteiger partial charge in [0, 0.05) is 57.2 Å².